The third kappa shape index (κ3) is 3.94. The molecule has 0 aliphatic carbocycles. The van der Waals surface area contributed by atoms with Gasteiger partial charge in [0.25, 0.3) is 0 Å². The van der Waals surface area contributed by atoms with E-state index in [2.05, 4.69) is 10.1 Å². The van der Waals surface area contributed by atoms with Gasteiger partial charge >= 0.3 is 5.97 Å². The minimum Gasteiger partial charge on any atom is -0.493 e. The molecule has 1 aromatic carbocycles. The van der Waals surface area contributed by atoms with Crippen molar-refractivity contribution in [3.05, 3.63) is 35.2 Å². The molecule has 1 aromatic heterocycles. The number of esters is 1. The smallest absolute Gasteiger partial charge is 0.348 e. The van der Waals surface area contributed by atoms with Gasteiger partial charge in [0.2, 0.25) is 11.8 Å². The minimum atomic E-state index is -0.496. The minimum absolute atomic E-state index is 0.107. The summed E-state index contributed by atoms with van der Waals surface area (Å²) in [6.07, 6.45) is 0.107. The molecular formula is C19H20N2O6S. The molecule has 1 aliphatic rings. The second-order valence-electron chi connectivity index (χ2n) is 6.09. The highest BCUT2D eigenvalue weighted by Crippen LogP contribution is 2.34. The summed E-state index contributed by atoms with van der Waals surface area (Å²) in [5, 5.41) is 3.29. The summed E-state index contributed by atoms with van der Waals surface area (Å²) < 4.78 is 15.1. The van der Waals surface area contributed by atoms with E-state index in [0.29, 0.717) is 27.1 Å². The summed E-state index contributed by atoms with van der Waals surface area (Å²) in [6, 6.07) is 8.40. The van der Waals surface area contributed by atoms with Crippen LogP contribution in [0.3, 0.4) is 0 Å². The first-order valence-electron chi connectivity index (χ1n) is 8.48. The van der Waals surface area contributed by atoms with E-state index in [4.69, 9.17) is 9.47 Å². The highest BCUT2D eigenvalue weighted by molar-refractivity contribution is 7.18. The Bertz CT molecular complexity index is 910. The maximum atomic E-state index is 12.6. The van der Waals surface area contributed by atoms with Crippen LogP contribution in [-0.4, -0.2) is 45.7 Å². The predicted molar refractivity (Wildman–Crippen MR) is 104 cm³/mol. The summed E-state index contributed by atoms with van der Waals surface area (Å²) in [5.74, 6) is -0.297. The molecule has 0 bridgehead atoms. The van der Waals surface area contributed by atoms with Crippen molar-refractivity contribution in [2.75, 3.05) is 38.1 Å². The molecule has 0 unspecified atom stereocenters. The van der Waals surface area contributed by atoms with Crippen molar-refractivity contribution in [2.45, 2.75) is 6.42 Å². The maximum Gasteiger partial charge on any atom is 0.348 e. The van der Waals surface area contributed by atoms with Crippen molar-refractivity contribution < 1.29 is 28.6 Å². The summed E-state index contributed by atoms with van der Waals surface area (Å²) in [6.45, 7) is 0.259. The number of hydrogen-bond acceptors (Lipinski definition) is 7. The van der Waals surface area contributed by atoms with Crippen LogP contribution in [0.1, 0.15) is 16.1 Å². The first kappa shape index (κ1) is 19.7. The molecule has 1 N–H and O–H groups in total. The lowest BCUT2D eigenvalue weighted by molar-refractivity contribution is -0.122. The largest absolute Gasteiger partial charge is 0.493 e. The topological polar surface area (TPSA) is 94.2 Å². The molecule has 148 valence electrons. The summed E-state index contributed by atoms with van der Waals surface area (Å²) in [5.41, 5.74) is 0.641. The van der Waals surface area contributed by atoms with Crippen LogP contribution < -0.4 is 19.7 Å². The number of nitrogens with one attached hydrogen (secondary N) is 1. The molecule has 3 rings (SSSR count). The number of rotatable bonds is 6. The van der Waals surface area contributed by atoms with Gasteiger partial charge in [-0.3, -0.25) is 9.59 Å². The third-order valence-corrected chi connectivity index (χ3v) is 5.39. The molecule has 1 fully saturated rings. The van der Waals surface area contributed by atoms with Gasteiger partial charge in [-0.15, -0.1) is 11.3 Å². The number of nitrogens with zero attached hydrogens (tertiary/aromatic N) is 1. The van der Waals surface area contributed by atoms with Crippen LogP contribution in [0.5, 0.6) is 11.5 Å². The van der Waals surface area contributed by atoms with Gasteiger partial charge in [-0.25, -0.2) is 4.79 Å². The molecule has 2 heterocycles. The SMILES string of the molecule is COC(=O)c1ccc(NC(=O)[C@@H]2CC(=O)N(c3ccc(OC)c(OC)c3)C2)s1. The lowest BCUT2D eigenvalue weighted by Crippen LogP contribution is -2.28. The third-order valence-electron chi connectivity index (χ3n) is 4.41. The predicted octanol–water partition coefficient (Wildman–Crippen LogP) is 2.54. The van der Waals surface area contributed by atoms with Crippen molar-refractivity contribution in [1.29, 1.82) is 0 Å². The van der Waals surface area contributed by atoms with Crippen molar-refractivity contribution in [2.24, 2.45) is 5.92 Å². The van der Waals surface area contributed by atoms with Gasteiger partial charge in [-0.1, -0.05) is 0 Å². The van der Waals surface area contributed by atoms with Crippen LogP contribution in [0, 0.1) is 5.92 Å². The lowest BCUT2D eigenvalue weighted by atomic mass is 10.1. The molecule has 2 amide bonds. The van der Waals surface area contributed by atoms with Crippen molar-refractivity contribution >= 4 is 39.8 Å². The Morgan fingerprint density at radius 2 is 1.86 bits per heavy atom. The normalized spacial score (nSPS) is 16.0. The van der Waals surface area contributed by atoms with Gasteiger partial charge in [0.1, 0.15) is 4.88 Å². The van der Waals surface area contributed by atoms with Crippen LogP contribution >= 0.6 is 11.3 Å². The average Bonchev–Trinajstić information content (AvgIpc) is 3.33. The van der Waals surface area contributed by atoms with E-state index < -0.39 is 11.9 Å². The summed E-state index contributed by atoms with van der Waals surface area (Å²) in [4.78, 5) is 38.5. The zero-order chi connectivity index (χ0) is 20.3. The maximum absolute atomic E-state index is 12.6. The molecule has 1 aliphatic heterocycles. The van der Waals surface area contributed by atoms with Gasteiger partial charge in [0.05, 0.1) is 32.2 Å². The quantitative estimate of drug-likeness (QED) is 0.744. The molecule has 2 aromatic rings. The molecular weight excluding hydrogens is 384 g/mol. The number of anilines is 2. The van der Waals surface area contributed by atoms with Crippen LogP contribution in [-0.2, 0) is 14.3 Å². The molecule has 8 nitrogen and oxygen atoms in total. The first-order chi connectivity index (χ1) is 13.5. The van der Waals surface area contributed by atoms with Gasteiger partial charge in [-0.2, -0.15) is 0 Å². The fourth-order valence-corrected chi connectivity index (χ4v) is 3.79. The van der Waals surface area contributed by atoms with E-state index in [1.165, 1.54) is 21.3 Å². The van der Waals surface area contributed by atoms with E-state index in [9.17, 15) is 14.4 Å². The Hall–Kier alpha value is -3.07. The van der Waals surface area contributed by atoms with Crippen molar-refractivity contribution in [1.82, 2.24) is 0 Å². The summed E-state index contributed by atoms with van der Waals surface area (Å²) in [7, 11) is 4.36. The van der Waals surface area contributed by atoms with Crippen LogP contribution in [0.15, 0.2) is 30.3 Å². The van der Waals surface area contributed by atoms with Gasteiger partial charge in [0.15, 0.2) is 11.5 Å². The number of carbonyl (C=O) groups is 3. The Morgan fingerprint density at radius 3 is 2.54 bits per heavy atom. The van der Waals surface area contributed by atoms with E-state index in [1.807, 2.05) is 0 Å². The average molecular weight is 404 g/mol. The Balaban J connectivity index is 1.69. The zero-order valence-corrected chi connectivity index (χ0v) is 16.5. The molecule has 0 spiro atoms. The van der Waals surface area contributed by atoms with E-state index >= 15 is 0 Å². The van der Waals surface area contributed by atoms with E-state index in [-0.39, 0.29) is 24.8 Å². The number of benzene rings is 1. The highest BCUT2D eigenvalue weighted by atomic mass is 32.1. The summed E-state index contributed by atoms with van der Waals surface area (Å²) >= 11 is 1.12. The number of amides is 2. The molecule has 9 heteroatoms. The Kier molecular flexibility index (Phi) is 5.84. The van der Waals surface area contributed by atoms with Gasteiger partial charge in [-0.05, 0) is 24.3 Å². The van der Waals surface area contributed by atoms with E-state index in [0.717, 1.165) is 11.3 Å². The molecule has 0 saturated carbocycles. The van der Waals surface area contributed by atoms with Gasteiger partial charge in [0, 0.05) is 24.7 Å². The van der Waals surface area contributed by atoms with Gasteiger partial charge < -0.3 is 24.4 Å². The molecule has 0 radical (unpaired) electrons. The van der Waals surface area contributed by atoms with Crippen molar-refractivity contribution in [3.8, 4) is 11.5 Å². The monoisotopic (exact) mass is 404 g/mol. The molecule has 28 heavy (non-hydrogen) atoms. The van der Waals surface area contributed by atoms with Crippen LogP contribution in [0.25, 0.3) is 0 Å². The Morgan fingerprint density at radius 1 is 1.11 bits per heavy atom. The molecule has 1 saturated heterocycles. The standard InChI is InChI=1S/C19H20N2O6S/c1-25-13-5-4-12(9-14(13)26-2)21-10-11(8-17(21)22)18(23)20-16-7-6-15(28-16)19(24)27-3/h4-7,9,11H,8,10H2,1-3H3,(H,20,23)/t11-/m1/s1. The number of hydrogen-bond donors (Lipinski definition) is 1. The number of carbonyl (C=O) groups excluding carboxylic acids is 3. The number of thiophene rings is 1. The Labute approximate surface area is 166 Å². The van der Waals surface area contributed by atoms with Crippen LogP contribution in [0.2, 0.25) is 0 Å². The number of ether oxygens (including phenoxy) is 3. The van der Waals surface area contributed by atoms with E-state index in [1.54, 1.807) is 35.2 Å². The highest BCUT2D eigenvalue weighted by Gasteiger charge is 2.35. The fraction of sp³-hybridized carbons (Fsp3) is 0.316. The second-order valence-corrected chi connectivity index (χ2v) is 7.17. The second kappa shape index (κ2) is 8.30. The van der Waals surface area contributed by atoms with Crippen LogP contribution in [0.4, 0.5) is 10.7 Å². The zero-order valence-electron chi connectivity index (χ0n) is 15.7. The lowest BCUT2D eigenvalue weighted by Gasteiger charge is -2.18. The molecule has 1 atom stereocenters. The van der Waals surface area contributed by atoms with Crippen molar-refractivity contribution in [3.63, 3.8) is 0 Å². The number of methoxy groups -OCH3 is 3. The first-order valence-corrected chi connectivity index (χ1v) is 9.30. The fourth-order valence-electron chi connectivity index (χ4n) is 2.96.